The number of piperidine rings is 1. The maximum Gasteiger partial charge on any atom is 0.433 e. The van der Waals surface area contributed by atoms with Crippen LogP contribution in [0.15, 0.2) is 41.0 Å². The number of likely N-dealkylation sites (tertiary alicyclic amines) is 1. The van der Waals surface area contributed by atoms with Crippen LogP contribution in [0.2, 0.25) is 0 Å². The molecule has 0 radical (unpaired) electrons. The van der Waals surface area contributed by atoms with Crippen molar-refractivity contribution in [3.8, 4) is 5.75 Å². The van der Waals surface area contributed by atoms with Crippen molar-refractivity contribution >= 4 is 34.6 Å². The summed E-state index contributed by atoms with van der Waals surface area (Å²) in [5.41, 5.74) is 5.04. The van der Waals surface area contributed by atoms with Gasteiger partial charge < -0.3 is 26.0 Å². The molecule has 0 bridgehead atoms. The summed E-state index contributed by atoms with van der Waals surface area (Å²) in [5, 5.41) is 6.50. The highest BCUT2D eigenvalue weighted by Crippen LogP contribution is 2.36. The van der Waals surface area contributed by atoms with Gasteiger partial charge in [0.2, 0.25) is 5.91 Å². The van der Waals surface area contributed by atoms with Crippen molar-refractivity contribution in [2.75, 3.05) is 25.5 Å². The molecule has 1 saturated carbocycles. The van der Waals surface area contributed by atoms with E-state index in [2.05, 4.69) is 20.6 Å². The van der Waals surface area contributed by atoms with E-state index in [0.717, 1.165) is 25.1 Å². The number of pyridine rings is 1. The van der Waals surface area contributed by atoms with Crippen molar-refractivity contribution in [3.05, 3.63) is 41.7 Å². The van der Waals surface area contributed by atoms with Crippen molar-refractivity contribution in [2.24, 2.45) is 10.7 Å². The maximum absolute atomic E-state index is 13.6. The number of hydrogen-bond donors (Lipinski definition) is 3. The molecule has 0 unspecified atom stereocenters. The third-order valence-corrected chi connectivity index (χ3v) is 6.20. The Hall–Kier alpha value is -3.83. The first kappa shape index (κ1) is 26.2. The lowest BCUT2D eigenvalue weighted by molar-refractivity contribution is -0.141. The van der Waals surface area contributed by atoms with E-state index < -0.39 is 29.9 Å². The van der Waals surface area contributed by atoms with Crippen LogP contribution in [0, 0.1) is 0 Å². The largest absolute Gasteiger partial charge is 0.490 e. The number of amides is 2. The van der Waals surface area contributed by atoms with E-state index in [-0.39, 0.29) is 41.9 Å². The first-order valence-electron chi connectivity index (χ1n) is 11.9. The predicted molar refractivity (Wildman–Crippen MR) is 133 cm³/mol. The van der Waals surface area contributed by atoms with Gasteiger partial charge in [-0.2, -0.15) is 13.2 Å². The number of halogens is 3. The number of rotatable bonds is 7. The van der Waals surface area contributed by atoms with E-state index >= 15 is 0 Å². The summed E-state index contributed by atoms with van der Waals surface area (Å²) in [5.74, 6) is -0.124. The van der Waals surface area contributed by atoms with Crippen LogP contribution in [0.5, 0.6) is 5.75 Å². The summed E-state index contributed by atoms with van der Waals surface area (Å²) in [4.78, 5) is 34.0. The molecule has 12 heteroatoms. The number of aliphatic imine (C=N–C) groups is 1. The second kappa shape index (κ2) is 10.7. The Kier molecular flexibility index (Phi) is 7.55. The van der Waals surface area contributed by atoms with Gasteiger partial charge in [-0.05, 0) is 43.5 Å². The summed E-state index contributed by atoms with van der Waals surface area (Å²) in [6, 6.07) is 4.85. The average molecular weight is 519 g/mol. The summed E-state index contributed by atoms with van der Waals surface area (Å²) in [6.07, 6.45) is 0.166. The zero-order valence-corrected chi connectivity index (χ0v) is 20.5. The summed E-state index contributed by atoms with van der Waals surface area (Å²) >= 11 is 0. The number of alkyl halides is 3. The number of nitrogens with one attached hydrogen (secondary N) is 2. The first-order chi connectivity index (χ1) is 17.6. The first-order valence-corrected chi connectivity index (χ1v) is 11.9. The van der Waals surface area contributed by atoms with Gasteiger partial charge in [0.25, 0.3) is 5.91 Å². The molecule has 2 atom stereocenters. The van der Waals surface area contributed by atoms with Crippen molar-refractivity contribution in [1.82, 2.24) is 15.2 Å². The molecule has 4 N–H and O–H groups in total. The normalized spacial score (nSPS) is 20.8. The van der Waals surface area contributed by atoms with Crippen molar-refractivity contribution < 1.29 is 27.5 Å². The fraction of sp³-hybridized carbons (Fsp3) is 0.440. The molecule has 2 heterocycles. The molecule has 198 valence electrons. The molecule has 2 fully saturated rings. The Labute approximate surface area is 211 Å². The molecule has 37 heavy (non-hydrogen) atoms. The molecule has 1 saturated heterocycles. The molecule has 1 aromatic carbocycles. The van der Waals surface area contributed by atoms with Crippen LogP contribution in [0.3, 0.4) is 0 Å². The fourth-order valence-corrected chi connectivity index (χ4v) is 4.29. The van der Waals surface area contributed by atoms with Crippen LogP contribution >= 0.6 is 0 Å². The minimum absolute atomic E-state index is 0.119. The SMILES string of the molecule is CN=C/C(=C\N)C(=O)N[C@H]1C[C@@H](Nc2cc(C(F)(F)F)nc3ccc(OC4CC4)cc23)CN(C(C)=O)C1. The monoisotopic (exact) mass is 518 g/mol. The maximum atomic E-state index is 13.6. The highest BCUT2D eigenvalue weighted by atomic mass is 19.4. The van der Waals surface area contributed by atoms with Gasteiger partial charge in [0.05, 0.1) is 17.2 Å². The molecule has 2 aromatic rings. The van der Waals surface area contributed by atoms with Gasteiger partial charge in [0.15, 0.2) is 0 Å². The van der Waals surface area contributed by atoms with Crippen LogP contribution in [-0.2, 0) is 15.8 Å². The molecule has 1 aliphatic heterocycles. The molecule has 0 spiro atoms. The van der Waals surface area contributed by atoms with Crippen LogP contribution < -0.4 is 21.1 Å². The number of hydrogen-bond acceptors (Lipinski definition) is 7. The summed E-state index contributed by atoms with van der Waals surface area (Å²) in [6.45, 7) is 1.91. The number of carbonyl (C=O) groups is 2. The summed E-state index contributed by atoms with van der Waals surface area (Å²) < 4.78 is 46.7. The second-order valence-electron chi connectivity index (χ2n) is 9.23. The van der Waals surface area contributed by atoms with Crippen LogP contribution in [0.25, 0.3) is 10.9 Å². The molecule has 1 aromatic heterocycles. The minimum Gasteiger partial charge on any atom is -0.490 e. The van der Waals surface area contributed by atoms with Gasteiger partial charge in [-0.3, -0.25) is 14.6 Å². The number of fused-ring (bicyclic) bond motifs is 1. The summed E-state index contributed by atoms with van der Waals surface area (Å²) in [7, 11) is 1.50. The van der Waals surface area contributed by atoms with E-state index in [9.17, 15) is 22.8 Å². The van der Waals surface area contributed by atoms with Crippen LogP contribution in [-0.4, -0.2) is 66.2 Å². The number of ether oxygens (including phenoxy) is 1. The van der Waals surface area contributed by atoms with Gasteiger partial charge in [-0.25, -0.2) is 4.98 Å². The highest BCUT2D eigenvalue weighted by Gasteiger charge is 2.35. The molecular formula is C25H29F3N6O3. The predicted octanol–water partition coefficient (Wildman–Crippen LogP) is 2.86. The number of aromatic nitrogens is 1. The average Bonchev–Trinajstić information content (AvgIpc) is 3.65. The van der Waals surface area contributed by atoms with Gasteiger partial charge in [0, 0.05) is 62.6 Å². The number of anilines is 1. The highest BCUT2D eigenvalue weighted by molar-refractivity contribution is 6.12. The van der Waals surface area contributed by atoms with Crippen molar-refractivity contribution in [2.45, 2.75) is 50.6 Å². The van der Waals surface area contributed by atoms with Gasteiger partial charge in [-0.1, -0.05) is 0 Å². The Balaban J connectivity index is 1.63. The minimum atomic E-state index is -4.64. The molecule has 1 aliphatic carbocycles. The molecule has 9 nitrogen and oxygen atoms in total. The van der Waals surface area contributed by atoms with Crippen molar-refractivity contribution in [1.29, 1.82) is 0 Å². The molecule has 2 amide bonds. The zero-order chi connectivity index (χ0) is 26.7. The van der Waals surface area contributed by atoms with Gasteiger partial charge in [0.1, 0.15) is 11.4 Å². The number of nitrogens with two attached hydrogens (primary N) is 1. The van der Waals surface area contributed by atoms with Crippen molar-refractivity contribution in [3.63, 3.8) is 0 Å². The van der Waals surface area contributed by atoms with Gasteiger partial charge >= 0.3 is 6.18 Å². The van der Waals surface area contributed by atoms with E-state index in [1.807, 2.05) is 0 Å². The van der Waals surface area contributed by atoms with E-state index in [4.69, 9.17) is 10.5 Å². The quantitative estimate of drug-likeness (QED) is 0.383. The lowest BCUT2D eigenvalue weighted by Crippen LogP contribution is -2.55. The van der Waals surface area contributed by atoms with E-state index in [0.29, 0.717) is 17.6 Å². The molecular weight excluding hydrogens is 489 g/mol. The number of carbonyl (C=O) groups excluding carboxylic acids is 2. The second-order valence-corrected chi connectivity index (χ2v) is 9.23. The topological polar surface area (TPSA) is 122 Å². The van der Waals surface area contributed by atoms with Gasteiger partial charge in [-0.15, -0.1) is 0 Å². The smallest absolute Gasteiger partial charge is 0.433 e. The lowest BCUT2D eigenvalue weighted by Gasteiger charge is -2.38. The third-order valence-electron chi connectivity index (χ3n) is 6.20. The van der Waals surface area contributed by atoms with Crippen LogP contribution in [0.4, 0.5) is 18.9 Å². The Bertz CT molecular complexity index is 1240. The van der Waals surface area contributed by atoms with E-state index in [1.165, 1.54) is 26.3 Å². The Morgan fingerprint density at radius 1 is 1.22 bits per heavy atom. The lowest BCUT2D eigenvalue weighted by atomic mass is 9.99. The fourth-order valence-electron chi connectivity index (χ4n) is 4.29. The Morgan fingerprint density at radius 3 is 2.57 bits per heavy atom. The van der Waals surface area contributed by atoms with Crippen LogP contribution in [0.1, 0.15) is 31.9 Å². The number of benzene rings is 1. The molecule has 4 rings (SSSR count). The third kappa shape index (κ3) is 6.49. The number of nitrogens with zero attached hydrogens (tertiary/aromatic N) is 3. The standard InChI is InChI=1S/C25H29F3N6O3/c1-14(35)34-12-16(7-17(13-34)32-24(36)15(10-29)11-30-2)31-22-9-23(25(26,27)28)33-21-6-5-19(8-20(21)22)37-18-3-4-18/h5-6,8-11,16-18H,3-4,7,12-13,29H2,1-2H3,(H,31,33)(H,32,36)/b15-10+,30-11?/t16-,17+/m1/s1. The zero-order valence-electron chi connectivity index (χ0n) is 20.5. The van der Waals surface area contributed by atoms with E-state index in [1.54, 1.807) is 17.0 Å². The molecule has 2 aliphatic rings. The Morgan fingerprint density at radius 2 is 1.95 bits per heavy atom.